The summed E-state index contributed by atoms with van der Waals surface area (Å²) in [6.07, 6.45) is 4.03. The average molecular weight is 276 g/mol. The van der Waals surface area contributed by atoms with Crippen molar-refractivity contribution >= 4 is 6.03 Å². The van der Waals surface area contributed by atoms with Crippen LogP contribution in [0.25, 0.3) is 0 Å². The van der Waals surface area contributed by atoms with Crippen LogP contribution < -0.4 is 5.32 Å². The van der Waals surface area contributed by atoms with Crippen LogP contribution in [-0.2, 0) is 0 Å². The molecular weight excluding hydrogens is 252 g/mol. The third kappa shape index (κ3) is 3.46. The highest BCUT2D eigenvalue weighted by molar-refractivity contribution is 5.75. The maximum absolute atomic E-state index is 12.4. The number of nitrogens with zero attached hydrogens (tertiary/aromatic N) is 3. The monoisotopic (exact) mass is 276 g/mol. The van der Waals surface area contributed by atoms with Crippen molar-refractivity contribution in [2.45, 2.75) is 52.6 Å². The van der Waals surface area contributed by atoms with Gasteiger partial charge < -0.3 is 10.2 Å². The topological polar surface area (TPSA) is 58.1 Å². The molecule has 0 radical (unpaired) electrons. The molecule has 1 N–H and O–H groups in total. The van der Waals surface area contributed by atoms with Crippen LogP contribution in [-0.4, -0.2) is 33.5 Å². The molecule has 2 rings (SSSR count). The lowest BCUT2D eigenvalue weighted by molar-refractivity contribution is 0.180. The summed E-state index contributed by atoms with van der Waals surface area (Å²) < 4.78 is 0. The van der Waals surface area contributed by atoms with E-state index in [1.807, 2.05) is 38.7 Å². The first-order valence-corrected chi connectivity index (χ1v) is 7.39. The van der Waals surface area contributed by atoms with E-state index in [1.165, 1.54) is 0 Å². The molecule has 1 saturated carbocycles. The number of carbonyl (C=O) groups is 1. The second-order valence-corrected chi connectivity index (χ2v) is 5.70. The van der Waals surface area contributed by atoms with E-state index in [9.17, 15) is 4.79 Å². The van der Waals surface area contributed by atoms with Crippen LogP contribution in [0, 0.1) is 12.8 Å². The number of rotatable bonds is 5. The number of hydrogen-bond donors (Lipinski definition) is 1. The Morgan fingerprint density at radius 3 is 2.70 bits per heavy atom. The zero-order valence-electron chi connectivity index (χ0n) is 12.8. The van der Waals surface area contributed by atoms with E-state index in [1.54, 1.807) is 6.20 Å². The number of aromatic nitrogens is 2. The Bertz CT molecular complexity index is 471. The molecule has 1 fully saturated rings. The van der Waals surface area contributed by atoms with Crippen LogP contribution in [0.5, 0.6) is 0 Å². The zero-order valence-corrected chi connectivity index (χ0v) is 12.8. The summed E-state index contributed by atoms with van der Waals surface area (Å²) in [5.41, 5.74) is 0.936. The van der Waals surface area contributed by atoms with Crippen LogP contribution in [0.3, 0.4) is 0 Å². The van der Waals surface area contributed by atoms with Gasteiger partial charge in [-0.1, -0.05) is 0 Å². The number of carbonyl (C=O) groups excluding carboxylic acids is 1. The van der Waals surface area contributed by atoms with Crippen LogP contribution in [0.15, 0.2) is 12.3 Å². The maximum Gasteiger partial charge on any atom is 0.318 e. The van der Waals surface area contributed by atoms with Crippen molar-refractivity contribution in [2.24, 2.45) is 5.92 Å². The van der Waals surface area contributed by atoms with Gasteiger partial charge in [-0.05, 0) is 52.5 Å². The predicted octanol–water partition coefficient (Wildman–Crippen LogP) is 2.68. The van der Waals surface area contributed by atoms with Gasteiger partial charge in [0.05, 0.1) is 6.04 Å². The molecule has 1 atom stereocenters. The van der Waals surface area contributed by atoms with Gasteiger partial charge in [-0.25, -0.2) is 14.8 Å². The summed E-state index contributed by atoms with van der Waals surface area (Å²) in [4.78, 5) is 23.0. The summed E-state index contributed by atoms with van der Waals surface area (Å²) in [6.45, 7) is 8.70. The molecule has 20 heavy (non-hydrogen) atoms. The third-order valence-corrected chi connectivity index (χ3v) is 3.69. The zero-order chi connectivity index (χ0) is 14.7. The largest absolute Gasteiger partial charge is 0.328 e. The van der Waals surface area contributed by atoms with Gasteiger partial charge >= 0.3 is 6.03 Å². The Balaban J connectivity index is 2.12. The molecule has 1 aromatic rings. The molecule has 5 heteroatoms. The predicted molar refractivity (Wildman–Crippen MR) is 78.3 cm³/mol. The van der Waals surface area contributed by atoms with Crippen molar-refractivity contribution in [3.05, 3.63) is 23.8 Å². The van der Waals surface area contributed by atoms with Gasteiger partial charge in [0.2, 0.25) is 0 Å². The highest BCUT2D eigenvalue weighted by Crippen LogP contribution is 2.40. The summed E-state index contributed by atoms with van der Waals surface area (Å²) >= 11 is 0. The van der Waals surface area contributed by atoms with Crippen LogP contribution in [0.1, 0.15) is 51.2 Å². The summed E-state index contributed by atoms with van der Waals surface area (Å²) in [6, 6.07) is 1.99. The highest BCUT2D eigenvalue weighted by atomic mass is 16.2. The normalized spacial score (nSPS) is 16.1. The van der Waals surface area contributed by atoms with Crippen LogP contribution in [0.4, 0.5) is 4.79 Å². The van der Waals surface area contributed by atoms with E-state index < -0.39 is 0 Å². The highest BCUT2D eigenvalue weighted by Gasteiger charge is 2.36. The molecule has 1 aromatic heterocycles. The first-order chi connectivity index (χ1) is 9.52. The fourth-order valence-corrected chi connectivity index (χ4v) is 2.40. The van der Waals surface area contributed by atoms with Crippen LogP contribution in [0.2, 0.25) is 0 Å². The van der Waals surface area contributed by atoms with Gasteiger partial charge in [0.1, 0.15) is 0 Å². The van der Waals surface area contributed by atoms with E-state index in [0.29, 0.717) is 12.5 Å². The molecule has 1 aliphatic rings. The molecule has 1 heterocycles. The Hall–Kier alpha value is -1.65. The van der Waals surface area contributed by atoms with Gasteiger partial charge in [-0.2, -0.15) is 0 Å². The van der Waals surface area contributed by atoms with Crippen molar-refractivity contribution in [3.63, 3.8) is 0 Å². The maximum atomic E-state index is 12.4. The lowest BCUT2D eigenvalue weighted by Gasteiger charge is -2.28. The fourth-order valence-electron chi connectivity index (χ4n) is 2.40. The van der Waals surface area contributed by atoms with E-state index >= 15 is 0 Å². The summed E-state index contributed by atoms with van der Waals surface area (Å²) in [7, 11) is 0. The van der Waals surface area contributed by atoms with E-state index in [4.69, 9.17) is 0 Å². The molecule has 0 bridgehead atoms. The van der Waals surface area contributed by atoms with Gasteiger partial charge in [0.15, 0.2) is 5.82 Å². The Kier molecular flexibility index (Phi) is 4.57. The van der Waals surface area contributed by atoms with Crippen LogP contribution >= 0.6 is 0 Å². The molecule has 5 nitrogen and oxygen atoms in total. The summed E-state index contributed by atoms with van der Waals surface area (Å²) in [5.74, 6) is 1.22. The number of aryl methyl sites for hydroxylation is 1. The smallest absolute Gasteiger partial charge is 0.318 e. The van der Waals surface area contributed by atoms with Gasteiger partial charge in [0, 0.05) is 24.5 Å². The number of hydrogen-bond acceptors (Lipinski definition) is 3. The number of amides is 2. The van der Waals surface area contributed by atoms with Crippen molar-refractivity contribution in [1.82, 2.24) is 20.2 Å². The number of urea groups is 1. The molecule has 0 aromatic carbocycles. The Morgan fingerprint density at radius 1 is 1.50 bits per heavy atom. The van der Waals surface area contributed by atoms with Gasteiger partial charge in [-0.3, -0.25) is 0 Å². The first-order valence-electron chi connectivity index (χ1n) is 7.39. The molecule has 0 aliphatic heterocycles. The molecular formula is C15H24N4O. The Labute approximate surface area is 120 Å². The molecule has 0 saturated heterocycles. The van der Waals surface area contributed by atoms with Gasteiger partial charge in [-0.15, -0.1) is 0 Å². The Morgan fingerprint density at radius 2 is 2.20 bits per heavy atom. The molecule has 1 aliphatic carbocycles. The number of nitrogens with one attached hydrogen (secondary N) is 1. The minimum atomic E-state index is -0.0600. The average Bonchev–Trinajstić information content (AvgIpc) is 3.20. The van der Waals surface area contributed by atoms with E-state index in [-0.39, 0.29) is 18.1 Å². The quantitative estimate of drug-likeness (QED) is 0.899. The summed E-state index contributed by atoms with van der Waals surface area (Å²) in [5, 5.41) is 3.12. The molecule has 0 unspecified atom stereocenters. The van der Waals surface area contributed by atoms with E-state index in [0.717, 1.165) is 24.4 Å². The van der Waals surface area contributed by atoms with E-state index in [2.05, 4.69) is 15.3 Å². The second-order valence-electron chi connectivity index (χ2n) is 5.70. The van der Waals surface area contributed by atoms with Crippen molar-refractivity contribution in [1.29, 1.82) is 0 Å². The molecule has 0 spiro atoms. The SMILES string of the molecule is CCN(C(=O)N[C@H](c1nccc(C)n1)C1CC1)C(C)C. The first kappa shape index (κ1) is 14.8. The minimum Gasteiger partial charge on any atom is -0.328 e. The lowest BCUT2D eigenvalue weighted by Crippen LogP contribution is -2.45. The van der Waals surface area contributed by atoms with Crippen molar-refractivity contribution in [2.75, 3.05) is 6.54 Å². The van der Waals surface area contributed by atoms with Crippen molar-refractivity contribution in [3.8, 4) is 0 Å². The second kappa shape index (κ2) is 6.20. The minimum absolute atomic E-state index is 0.0236. The molecule has 110 valence electrons. The third-order valence-electron chi connectivity index (χ3n) is 3.69. The standard InChI is InChI=1S/C15H24N4O/c1-5-19(10(2)3)15(20)18-13(12-6-7-12)14-16-9-8-11(4)17-14/h8-10,12-13H,5-7H2,1-4H3,(H,18,20)/t13-/m0/s1. The lowest BCUT2D eigenvalue weighted by atomic mass is 10.1. The van der Waals surface area contributed by atoms with Gasteiger partial charge in [0.25, 0.3) is 0 Å². The van der Waals surface area contributed by atoms with Crippen molar-refractivity contribution < 1.29 is 4.79 Å². The fraction of sp³-hybridized carbons (Fsp3) is 0.667. The molecule has 2 amide bonds.